The molecule has 2 aliphatic rings. The van der Waals surface area contributed by atoms with Crippen LogP contribution in [0.3, 0.4) is 0 Å². The number of hydrogen-bond donors (Lipinski definition) is 0. The van der Waals surface area contributed by atoms with E-state index in [2.05, 4.69) is 42.7 Å². The van der Waals surface area contributed by atoms with Crippen LogP contribution in [0, 0.1) is 12.8 Å². The number of benzene rings is 1. The Morgan fingerprint density at radius 2 is 1.69 bits per heavy atom. The monoisotopic (exact) mass is 431 g/mol. The molecule has 0 atom stereocenters. The van der Waals surface area contributed by atoms with Crippen LogP contribution in [0.4, 0.5) is 0 Å². The number of imidazole rings is 1. The average Bonchev–Trinajstić information content (AvgIpc) is 3.48. The Morgan fingerprint density at radius 3 is 2.41 bits per heavy atom. The van der Waals surface area contributed by atoms with Crippen LogP contribution in [-0.2, 0) is 0 Å². The van der Waals surface area contributed by atoms with E-state index in [1.54, 1.807) is 0 Å². The molecule has 168 valence electrons. The van der Waals surface area contributed by atoms with Gasteiger partial charge in [-0.3, -0.25) is 4.79 Å². The normalized spacial score (nSPS) is 18.2. The smallest absolute Gasteiger partial charge is 0.289 e. The number of carbonyl (C=O) groups is 1. The van der Waals surface area contributed by atoms with Crippen molar-refractivity contribution >= 4 is 5.91 Å². The van der Waals surface area contributed by atoms with Crippen molar-refractivity contribution in [2.45, 2.75) is 64.8 Å². The van der Waals surface area contributed by atoms with Crippen molar-refractivity contribution < 1.29 is 9.21 Å². The largest absolute Gasteiger partial charge is 0.449 e. The zero-order valence-corrected chi connectivity index (χ0v) is 19.2. The van der Waals surface area contributed by atoms with Crippen LogP contribution in [-0.4, -0.2) is 33.4 Å². The molecule has 0 bridgehead atoms. The lowest BCUT2D eigenvalue weighted by Crippen LogP contribution is -2.37. The van der Waals surface area contributed by atoms with E-state index in [-0.39, 0.29) is 5.91 Å². The minimum Gasteiger partial charge on any atom is -0.449 e. The molecule has 1 aliphatic heterocycles. The van der Waals surface area contributed by atoms with Crippen LogP contribution in [0.5, 0.6) is 0 Å². The van der Waals surface area contributed by atoms with Crippen molar-refractivity contribution in [3.05, 3.63) is 54.0 Å². The van der Waals surface area contributed by atoms with E-state index < -0.39 is 0 Å². The molecule has 0 unspecified atom stereocenters. The summed E-state index contributed by atoms with van der Waals surface area (Å²) < 4.78 is 8.53. The molecule has 1 amide bonds. The van der Waals surface area contributed by atoms with Gasteiger partial charge < -0.3 is 13.9 Å². The fraction of sp³-hybridized carbons (Fsp3) is 0.481. The van der Waals surface area contributed by atoms with Gasteiger partial charge in [0.05, 0.1) is 12.0 Å². The highest BCUT2D eigenvalue weighted by atomic mass is 16.4. The highest BCUT2D eigenvalue weighted by Crippen LogP contribution is 2.38. The quantitative estimate of drug-likeness (QED) is 0.474. The predicted molar refractivity (Wildman–Crippen MR) is 127 cm³/mol. The van der Waals surface area contributed by atoms with Crippen LogP contribution < -0.4 is 0 Å². The van der Waals surface area contributed by atoms with Crippen LogP contribution in [0.1, 0.15) is 74.0 Å². The molecule has 3 aromatic rings. The van der Waals surface area contributed by atoms with Gasteiger partial charge in [0.25, 0.3) is 5.91 Å². The Hall–Kier alpha value is -2.82. The SMILES string of the molecule is Cc1ccc(-c2ncn(C3CCCCC3)c2-c2ccc(C(=O)N3CCC(C)CC3)o2)cc1. The van der Waals surface area contributed by atoms with E-state index in [0.717, 1.165) is 61.5 Å². The van der Waals surface area contributed by atoms with Gasteiger partial charge in [-0.25, -0.2) is 4.98 Å². The van der Waals surface area contributed by atoms with Gasteiger partial charge in [0.2, 0.25) is 0 Å². The highest BCUT2D eigenvalue weighted by molar-refractivity contribution is 5.92. The molecule has 2 aromatic heterocycles. The molecule has 5 heteroatoms. The van der Waals surface area contributed by atoms with Gasteiger partial charge in [0.1, 0.15) is 5.69 Å². The lowest BCUT2D eigenvalue weighted by molar-refractivity contribution is 0.0666. The molecule has 1 aliphatic carbocycles. The summed E-state index contributed by atoms with van der Waals surface area (Å²) in [7, 11) is 0. The number of amides is 1. The second-order valence-corrected chi connectivity index (χ2v) is 9.65. The molecule has 0 N–H and O–H groups in total. The summed E-state index contributed by atoms with van der Waals surface area (Å²) in [5.74, 6) is 1.86. The lowest BCUT2D eigenvalue weighted by atomic mass is 9.95. The van der Waals surface area contributed by atoms with Crippen molar-refractivity contribution in [1.29, 1.82) is 0 Å². The minimum absolute atomic E-state index is 0.00349. The molecule has 3 heterocycles. The number of likely N-dealkylation sites (tertiary alicyclic amines) is 1. The third-order valence-electron chi connectivity index (χ3n) is 7.21. The number of furan rings is 1. The van der Waals surface area contributed by atoms with Gasteiger partial charge in [0, 0.05) is 24.7 Å². The van der Waals surface area contributed by atoms with Crippen LogP contribution >= 0.6 is 0 Å². The first-order valence-electron chi connectivity index (χ1n) is 12.1. The Kier molecular flexibility index (Phi) is 5.90. The van der Waals surface area contributed by atoms with Gasteiger partial charge in [-0.1, -0.05) is 56.0 Å². The third-order valence-corrected chi connectivity index (χ3v) is 7.21. The number of piperidine rings is 1. The fourth-order valence-corrected chi connectivity index (χ4v) is 5.11. The van der Waals surface area contributed by atoms with Crippen molar-refractivity contribution in [3.8, 4) is 22.7 Å². The van der Waals surface area contributed by atoms with Gasteiger partial charge >= 0.3 is 0 Å². The number of hydrogen-bond acceptors (Lipinski definition) is 3. The number of nitrogens with zero attached hydrogens (tertiary/aromatic N) is 3. The lowest BCUT2D eigenvalue weighted by Gasteiger charge is -2.29. The minimum atomic E-state index is 0.00349. The number of carbonyl (C=O) groups excluding carboxylic acids is 1. The summed E-state index contributed by atoms with van der Waals surface area (Å²) in [6, 6.07) is 12.7. The number of aromatic nitrogens is 2. The highest BCUT2D eigenvalue weighted by Gasteiger charge is 2.27. The van der Waals surface area contributed by atoms with Crippen molar-refractivity contribution in [2.24, 2.45) is 5.92 Å². The Labute approximate surface area is 190 Å². The van der Waals surface area contributed by atoms with Crippen LogP contribution in [0.2, 0.25) is 0 Å². The van der Waals surface area contributed by atoms with E-state index in [1.807, 2.05) is 23.4 Å². The zero-order chi connectivity index (χ0) is 22.1. The maximum atomic E-state index is 13.1. The van der Waals surface area contributed by atoms with E-state index in [0.29, 0.717) is 17.7 Å². The fourth-order valence-electron chi connectivity index (χ4n) is 5.11. The predicted octanol–water partition coefficient (Wildman–Crippen LogP) is 6.50. The molecular formula is C27H33N3O2. The van der Waals surface area contributed by atoms with E-state index in [1.165, 1.54) is 24.8 Å². The van der Waals surface area contributed by atoms with Gasteiger partial charge in [0.15, 0.2) is 11.5 Å². The second kappa shape index (κ2) is 8.97. The van der Waals surface area contributed by atoms with Crippen molar-refractivity contribution in [3.63, 3.8) is 0 Å². The molecule has 1 saturated heterocycles. The summed E-state index contributed by atoms with van der Waals surface area (Å²) in [6.45, 7) is 5.97. The van der Waals surface area contributed by atoms with E-state index in [9.17, 15) is 4.79 Å². The maximum Gasteiger partial charge on any atom is 0.289 e. The molecule has 5 nitrogen and oxygen atoms in total. The summed E-state index contributed by atoms with van der Waals surface area (Å²) in [4.78, 5) is 19.8. The zero-order valence-electron chi connectivity index (χ0n) is 19.2. The standard InChI is InChI=1S/C27H33N3O2/c1-19-8-10-21(11-9-19)25-26(30(18-28-25)22-6-4-3-5-7-22)23-12-13-24(32-23)27(31)29-16-14-20(2)15-17-29/h8-13,18,20,22H,3-7,14-17H2,1-2H3. The molecule has 0 spiro atoms. The topological polar surface area (TPSA) is 51.3 Å². The molecule has 0 radical (unpaired) electrons. The van der Waals surface area contributed by atoms with Crippen LogP contribution in [0.15, 0.2) is 47.1 Å². The third kappa shape index (κ3) is 4.13. The molecule has 5 rings (SSSR count). The summed E-state index contributed by atoms with van der Waals surface area (Å²) in [5.41, 5.74) is 4.22. The Morgan fingerprint density at radius 1 is 0.969 bits per heavy atom. The summed E-state index contributed by atoms with van der Waals surface area (Å²) in [6.07, 6.45) is 10.2. The van der Waals surface area contributed by atoms with Gasteiger partial charge in [-0.2, -0.15) is 0 Å². The van der Waals surface area contributed by atoms with E-state index >= 15 is 0 Å². The molecule has 32 heavy (non-hydrogen) atoms. The summed E-state index contributed by atoms with van der Waals surface area (Å²) >= 11 is 0. The van der Waals surface area contributed by atoms with E-state index in [4.69, 9.17) is 9.40 Å². The first-order chi connectivity index (χ1) is 15.6. The Bertz CT molecular complexity index is 1060. The molecule has 1 saturated carbocycles. The summed E-state index contributed by atoms with van der Waals surface area (Å²) in [5, 5.41) is 0. The molecule has 2 fully saturated rings. The number of aryl methyl sites for hydroxylation is 1. The van der Waals surface area contributed by atoms with Gasteiger partial charge in [-0.15, -0.1) is 0 Å². The maximum absolute atomic E-state index is 13.1. The molecular weight excluding hydrogens is 398 g/mol. The van der Waals surface area contributed by atoms with Crippen molar-refractivity contribution in [2.75, 3.05) is 13.1 Å². The molecule has 1 aromatic carbocycles. The second-order valence-electron chi connectivity index (χ2n) is 9.65. The number of rotatable bonds is 4. The van der Waals surface area contributed by atoms with Crippen LogP contribution in [0.25, 0.3) is 22.7 Å². The Balaban J connectivity index is 1.51. The average molecular weight is 432 g/mol. The van der Waals surface area contributed by atoms with Crippen molar-refractivity contribution in [1.82, 2.24) is 14.5 Å². The first-order valence-corrected chi connectivity index (χ1v) is 12.1. The van der Waals surface area contributed by atoms with Gasteiger partial charge in [-0.05, 0) is 50.7 Å². The first kappa shape index (κ1) is 21.0.